The highest BCUT2D eigenvalue weighted by molar-refractivity contribution is 5.86. The number of hydrogen-bond donors (Lipinski definition) is 1. The Bertz CT molecular complexity index is 984. The van der Waals surface area contributed by atoms with Crippen molar-refractivity contribution in [3.63, 3.8) is 0 Å². The monoisotopic (exact) mass is 391 g/mol. The lowest BCUT2D eigenvalue weighted by molar-refractivity contribution is -0.134. The summed E-state index contributed by atoms with van der Waals surface area (Å²) in [6.45, 7) is 1.65. The van der Waals surface area contributed by atoms with E-state index in [0.29, 0.717) is 17.9 Å². The zero-order valence-corrected chi connectivity index (χ0v) is 16.0. The largest absolute Gasteiger partial charge is 0.331 e. The number of ketones is 1. The molecule has 0 spiro atoms. The maximum absolute atomic E-state index is 12.9. The van der Waals surface area contributed by atoms with Gasteiger partial charge >= 0.3 is 0 Å². The maximum Gasteiger partial charge on any atom is 0.227 e. The summed E-state index contributed by atoms with van der Waals surface area (Å²) >= 11 is 0. The van der Waals surface area contributed by atoms with Crippen molar-refractivity contribution >= 4 is 23.8 Å². The van der Waals surface area contributed by atoms with Gasteiger partial charge in [0, 0.05) is 30.8 Å². The summed E-state index contributed by atoms with van der Waals surface area (Å²) in [4.78, 5) is 41.2. The lowest BCUT2D eigenvalue weighted by atomic mass is 10.1. The van der Waals surface area contributed by atoms with E-state index >= 15 is 0 Å². The van der Waals surface area contributed by atoms with Gasteiger partial charge in [-0.15, -0.1) is 0 Å². The predicted molar refractivity (Wildman–Crippen MR) is 107 cm³/mol. The Kier molecular flexibility index (Phi) is 6.47. The first-order valence-electron chi connectivity index (χ1n) is 9.07. The van der Waals surface area contributed by atoms with Crippen LogP contribution in [0.3, 0.4) is 0 Å². The van der Waals surface area contributed by atoms with Crippen molar-refractivity contribution in [2.24, 2.45) is 0 Å². The van der Waals surface area contributed by atoms with Gasteiger partial charge in [0.2, 0.25) is 12.3 Å². The molecule has 2 aromatic heterocycles. The summed E-state index contributed by atoms with van der Waals surface area (Å²) in [5.74, 6) is 0.335. The molecule has 0 saturated carbocycles. The van der Waals surface area contributed by atoms with Gasteiger partial charge in [-0.2, -0.15) is 5.10 Å². The third-order valence-electron chi connectivity index (χ3n) is 4.26. The number of carbonyl (C=O) groups is 3. The Morgan fingerprint density at radius 2 is 2.00 bits per heavy atom. The normalized spacial score (nSPS) is 10.4. The minimum absolute atomic E-state index is 0.00689. The molecule has 0 atom stereocenters. The minimum atomic E-state index is -0.199. The van der Waals surface area contributed by atoms with Gasteiger partial charge in [0.25, 0.3) is 0 Å². The van der Waals surface area contributed by atoms with Crippen molar-refractivity contribution < 1.29 is 14.4 Å². The molecular formula is C21H21N5O3. The van der Waals surface area contributed by atoms with Gasteiger partial charge < -0.3 is 10.2 Å². The van der Waals surface area contributed by atoms with Gasteiger partial charge in [0.1, 0.15) is 5.78 Å². The van der Waals surface area contributed by atoms with Crippen molar-refractivity contribution in [3.8, 4) is 5.82 Å². The highest BCUT2D eigenvalue weighted by atomic mass is 16.2. The van der Waals surface area contributed by atoms with Crippen LogP contribution in [0, 0.1) is 0 Å². The van der Waals surface area contributed by atoms with Crippen LogP contribution in [0.15, 0.2) is 61.1 Å². The fourth-order valence-corrected chi connectivity index (χ4v) is 2.92. The Labute approximate surface area is 168 Å². The first-order valence-corrected chi connectivity index (χ1v) is 9.07. The van der Waals surface area contributed by atoms with E-state index in [9.17, 15) is 14.4 Å². The van der Waals surface area contributed by atoms with Crippen molar-refractivity contribution in [2.45, 2.75) is 19.9 Å². The SMILES string of the molecule is CC(=O)CN(Cc1ccccc1NC=O)C(=O)Cc1ccc(-n2cccn2)nc1. The second kappa shape index (κ2) is 9.41. The lowest BCUT2D eigenvalue weighted by Crippen LogP contribution is -2.35. The third kappa shape index (κ3) is 5.35. The van der Waals surface area contributed by atoms with Crippen LogP contribution in [0.2, 0.25) is 0 Å². The van der Waals surface area contributed by atoms with E-state index in [1.165, 1.54) is 11.8 Å². The summed E-state index contributed by atoms with van der Waals surface area (Å²) < 4.78 is 1.63. The molecule has 1 N–H and O–H groups in total. The van der Waals surface area contributed by atoms with E-state index in [1.807, 2.05) is 18.2 Å². The summed E-state index contributed by atoms with van der Waals surface area (Å²) in [5.41, 5.74) is 2.09. The Morgan fingerprint density at radius 3 is 2.66 bits per heavy atom. The average Bonchev–Trinajstić information content (AvgIpc) is 3.24. The maximum atomic E-state index is 12.9. The number of rotatable bonds is 9. The molecular weight excluding hydrogens is 370 g/mol. The van der Waals surface area contributed by atoms with Crippen molar-refractivity contribution in [3.05, 3.63) is 72.2 Å². The molecule has 0 aliphatic carbocycles. The summed E-state index contributed by atoms with van der Waals surface area (Å²) in [6.07, 6.45) is 5.77. The third-order valence-corrected chi connectivity index (χ3v) is 4.26. The fraction of sp³-hybridized carbons (Fsp3) is 0.190. The molecule has 0 radical (unpaired) electrons. The van der Waals surface area contributed by atoms with Crippen LogP contribution in [0.5, 0.6) is 0 Å². The zero-order chi connectivity index (χ0) is 20.6. The fourth-order valence-electron chi connectivity index (χ4n) is 2.92. The number of carbonyl (C=O) groups excluding carboxylic acids is 3. The summed E-state index contributed by atoms with van der Waals surface area (Å²) in [6, 6.07) is 12.6. The number of benzene rings is 1. The van der Waals surface area contributed by atoms with Crippen LogP contribution in [-0.4, -0.2) is 44.3 Å². The molecule has 0 unspecified atom stereocenters. The molecule has 2 amide bonds. The molecule has 8 nitrogen and oxygen atoms in total. The molecule has 3 aromatic rings. The number of amides is 2. The number of nitrogens with zero attached hydrogens (tertiary/aromatic N) is 4. The number of pyridine rings is 1. The van der Waals surface area contributed by atoms with Crippen LogP contribution in [-0.2, 0) is 27.3 Å². The number of Topliss-reactive ketones (excluding diaryl/α,β-unsaturated/α-hetero) is 1. The standard InChI is InChI=1S/C21H21N5O3/c1-16(28)13-25(14-18-5-2-3-6-19(18)23-15-27)21(29)11-17-7-8-20(22-12-17)26-10-4-9-24-26/h2-10,12,15H,11,13-14H2,1H3,(H,23,27). The number of anilines is 1. The molecule has 29 heavy (non-hydrogen) atoms. The first kappa shape index (κ1) is 19.9. The highest BCUT2D eigenvalue weighted by Crippen LogP contribution is 2.17. The first-order chi connectivity index (χ1) is 14.1. The molecule has 148 valence electrons. The van der Waals surface area contributed by atoms with Gasteiger partial charge in [-0.05, 0) is 36.2 Å². The summed E-state index contributed by atoms with van der Waals surface area (Å²) in [5, 5.41) is 6.74. The minimum Gasteiger partial charge on any atom is -0.331 e. The Balaban J connectivity index is 1.74. The van der Waals surface area contributed by atoms with Gasteiger partial charge in [-0.25, -0.2) is 9.67 Å². The van der Waals surface area contributed by atoms with Crippen molar-refractivity contribution in [1.82, 2.24) is 19.7 Å². The number of hydrogen-bond acceptors (Lipinski definition) is 5. The lowest BCUT2D eigenvalue weighted by Gasteiger charge is -2.23. The van der Waals surface area contributed by atoms with Crippen LogP contribution in [0.4, 0.5) is 5.69 Å². The van der Waals surface area contributed by atoms with E-state index in [-0.39, 0.29) is 31.2 Å². The number of para-hydroxylation sites is 1. The van der Waals surface area contributed by atoms with E-state index in [1.54, 1.807) is 47.5 Å². The quantitative estimate of drug-likeness (QED) is 0.563. The molecule has 0 aliphatic rings. The van der Waals surface area contributed by atoms with Gasteiger partial charge in [0.15, 0.2) is 5.82 Å². The van der Waals surface area contributed by atoms with Gasteiger partial charge in [-0.3, -0.25) is 14.4 Å². The van der Waals surface area contributed by atoms with Crippen LogP contribution in [0.25, 0.3) is 5.82 Å². The molecule has 3 rings (SSSR count). The summed E-state index contributed by atoms with van der Waals surface area (Å²) in [7, 11) is 0. The average molecular weight is 391 g/mol. The van der Waals surface area contributed by atoms with E-state index in [2.05, 4.69) is 15.4 Å². The molecule has 0 saturated heterocycles. The number of aromatic nitrogens is 3. The Morgan fingerprint density at radius 1 is 1.17 bits per heavy atom. The molecule has 1 aromatic carbocycles. The second-order valence-corrected chi connectivity index (χ2v) is 6.52. The molecule has 8 heteroatoms. The van der Waals surface area contributed by atoms with E-state index in [4.69, 9.17) is 0 Å². The molecule has 2 heterocycles. The topological polar surface area (TPSA) is 97.2 Å². The van der Waals surface area contributed by atoms with Gasteiger partial charge in [-0.1, -0.05) is 24.3 Å². The highest BCUT2D eigenvalue weighted by Gasteiger charge is 2.18. The molecule has 0 bridgehead atoms. The Hall–Kier alpha value is -3.81. The van der Waals surface area contributed by atoms with Crippen LogP contribution >= 0.6 is 0 Å². The van der Waals surface area contributed by atoms with E-state index < -0.39 is 0 Å². The van der Waals surface area contributed by atoms with Crippen LogP contribution in [0.1, 0.15) is 18.1 Å². The predicted octanol–water partition coefficient (Wildman–Crippen LogP) is 2.00. The van der Waals surface area contributed by atoms with Gasteiger partial charge in [0.05, 0.1) is 13.0 Å². The molecule has 0 aliphatic heterocycles. The smallest absolute Gasteiger partial charge is 0.227 e. The second-order valence-electron chi connectivity index (χ2n) is 6.52. The molecule has 0 fully saturated rings. The van der Waals surface area contributed by atoms with Crippen molar-refractivity contribution in [2.75, 3.05) is 11.9 Å². The number of nitrogens with one attached hydrogen (secondary N) is 1. The van der Waals surface area contributed by atoms with Crippen LogP contribution < -0.4 is 5.32 Å². The van der Waals surface area contributed by atoms with Crippen molar-refractivity contribution in [1.29, 1.82) is 0 Å². The zero-order valence-electron chi connectivity index (χ0n) is 16.0. The van der Waals surface area contributed by atoms with E-state index in [0.717, 1.165) is 11.1 Å².